The maximum absolute atomic E-state index is 5.48. The molecular weight excluding hydrogens is 156 g/mol. The second-order valence-electron chi connectivity index (χ2n) is 1.22. The van der Waals surface area contributed by atoms with Gasteiger partial charge in [-0.2, -0.15) is 0 Å². The van der Waals surface area contributed by atoms with Gasteiger partial charge < -0.3 is 4.98 Å². The van der Waals surface area contributed by atoms with E-state index in [9.17, 15) is 0 Å². The van der Waals surface area contributed by atoms with Gasteiger partial charge in [-0.15, -0.1) is 0 Å². The highest BCUT2D eigenvalue weighted by molar-refractivity contribution is 7.71. The van der Waals surface area contributed by atoms with Crippen LogP contribution in [-0.4, -0.2) is 9.97 Å². The topological polar surface area (TPSA) is 28.7 Å². The molecule has 0 atom stereocenters. The highest BCUT2D eigenvalue weighted by atomic mass is 35.5. The Morgan fingerprint density at radius 1 is 1.67 bits per heavy atom. The van der Waals surface area contributed by atoms with Crippen LogP contribution in [-0.2, 0) is 0 Å². The quantitative estimate of drug-likeness (QED) is 0.469. The van der Waals surface area contributed by atoms with Crippen LogP contribution >= 0.6 is 23.8 Å². The molecule has 0 saturated carbocycles. The third kappa shape index (κ3) is 2.58. The lowest BCUT2D eigenvalue weighted by molar-refractivity contribution is 1.13. The first-order valence-corrected chi connectivity index (χ1v) is 2.78. The summed E-state index contributed by atoms with van der Waals surface area (Å²) in [6, 6.07) is 1.64. The minimum Gasteiger partial charge on any atom is -0.321 e. The van der Waals surface area contributed by atoms with Gasteiger partial charge in [0, 0.05) is 6.20 Å². The summed E-state index contributed by atoms with van der Waals surface area (Å²) < 4.78 is 0.414. The molecule has 1 aromatic rings. The summed E-state index contributed by atoms with van der Waals surface area (Å²) in [5, 5.41) is 0.519. The molecule has 1 N–H and O–H groups in total. The van der Waals surface area contributed by atoms with Crippen LogP contribution in [0.3, 0.4) is 0 Å². The molecule has 2 nitrogen and oxygen atoms in total. The van der Waals surface area contributed by atoms with Gasteiger partial charge in [-0.25, -0.2) is 4.98 Å². The fraction of sp³-hybridized carbons (Fsp3) is 0.200. The molecule has 1 rings (SSSR count). The highest BCUT2D eigenvalue weighted by Crippen LogP contribution is 1.98. The zero-order valence-electron chi connectivity index (χ0n) is 3.89. The van der Waals surface area contributed by atoms with Gasteiger partial charge >= 0.3 is 0 Å². The summed E-state index contributed by atoms with van der Waals surface area (Å²) in [6.07, 6.45) is 1.56. The van der Waals surface area contributed by atoms with E-state index >= 15 is 0 Å². The molecule has 0 aliphatic rings. The van der Waals surface area contributed by atoms with Crippen LogP contribution in [0.4, 0.5) is 0 Å². The third-order valence-corrected chi connectivity index (χ3v) is 1.07. The Bertz CT molecular complexity index is 232. The van der Waals surface area contributed by atoms with E-state index in [0.717, 1.165) is 0 Å². The molecule has 0 spiro atoms. The molecule has 0 aliphatic heterocycles. The Hall–Kier alpha value is -0.410. The van der Waals surface area contributed by atoms with Gasteiger partial charge in [-0.05, 0) is 18.3 Å². The Balaban J connectivity index is 0.000000640. The fourth-order valence-corrected chi connectivity index (χ4v) is 0.719. The molecule has 0 fully saturated rings. The second kappa shape index (κ2) is 3.58. The smallest absolute Gasteiger partial charge is 0.197 e. The maximum atomic E-state index is 5.48. The maximum Gasteiger partial charge on any atom is 0.197 e. The Morgan fingerprint density at radius 3 is 2.67 bits per heavy atom. The van der Waals surface area contributed by atoms with Gasteiger partial charge in [0.25, 0.3) is 0 Å². The number of aromatic nitrogens is 2. The second-order valence-corrected chi connectivity index (χ2v) is 2.02. The van der Waals surface area contributed by atoms with E-state index in [1.807, 2.05) is 0 Å². The molecule has 0 bridgehead atoms. The standard InChI is InChI=1S/C4H3ClN2S.CH4/c5-3-1-2-6-4(8)7-3;/h1-2H,(H,6,7,8);1H4. The first kappa shape index (κ1) is 8.59. The van der Waals surface area contributed by atoms with E-state index in [2.05, 4.69) is 22.2 Å². The van der Waals surface area contributed by atoms with Crippen molar-refractivity contribution in [1.82, 2.24) is 9.97 Å². The monoisotopic (exact) mass is 162 g/mol. The van der Waals surface area contributed by atoms with Crippen molar-refractivity contribution in [2.45, 2.75) is 7.43 Å². The predicted octanol–water partition coefficient (Wildman–Crippen LogP) is 2.43. The summed E-state index contributed by atoms with van der Waals surface area (Å²) in [5.41, 5.74) is 0. The van der Waals surface area contributed by atoms with E-state index in [0.29, 0.717) is 9.92 Å². The fourth-order valence-electron chi connectivity index (χ4n) is 0.347. The molecule has 0 unspecified atom stereocenters. The van der Waals surface area contributed by atoms with Crippen molar-refractivity contribution < 1.29 is 0 Å². The lowest BCUT2D eigenvalue weighted by Gasteiger charge is -1.83. The summed E-state index contributed by atoms with van der Waals surface area (Å²) in [5.74, 6) is 0. The van der Waals surface area contributed by atoms with Crippen molar-refractivity contribution in [3.05, 3.63) is 22.2 Å². The Kier molecular flexibility index (Phi) is 3.42. The normalized spacial score (nSPS) is 8.11. The average Bonchev–Trinajstić information content (AvgIpc) is 1.64. The third-order valence-electron chi connectivity index (χ3n) is 0.639. The van der Waals surface area contributed by atoms with Crippen LogP contribution in [0.1, 0.15) is 7.43 Å². The van der Waals surface area contributed by atoms with Crippen molar-refractivity contribution in [3.8, 4) is 0 Å². The number of H-pyrrole nitrogens is 1. The summed E-state index contributed by atoms with van der Waals surface area (Å²) in [6.45, 7) is 0. The molecule has 0 aliphatic carbocycles. The predicted molar refractivity (Wildman–Crippen MR) is 41.2 cm³/mol. The summed E-state index contributed by atoms with van der Waals surface area (Å²) in [7, 11) is 0. The van der Waals surface area contributed by atoms with E-state index < -0.39 is 0 Å². The minimum atomic E-state index is 0. The SMILES string of the molecule is C.S=c1nccc(Cl)[nH]1. The molecule has 0 radical (unpaired) electrons. The van der Waals surface area contributed by atoms with Gasteiger partial charge in [0.2, 0.25) is 0 Å². The molecular formula is C5H7ClN2S. The van der Waals surface area contributed by atoms with Crippen molar-refractivity contribution in [1.29, 1.82) is 0 Å². The summed E-state index contributed by atoms with van der Waals surface area (Å²) in [4.78, 5) is 6.35. The largest absolute Gasteiger partial charge is 0.321 e. The molecule has 4 heteroatoms. The van der Waals surface area contributed by atoms with Gasteiger partial charge in [0.15, 0.2) is 4.77 Å². The van der Waals surface area contributed by atoms with E-state index in [-0.39, 0.29) is 7.43 Å². The first-order valence-electron chi connectivity index (χ1n) is 2.00. The van der Waals surface area contributed by atoms with Crippen LogP contribution in [0.2, 0.25) is 5.15 Å². The van der Waals surface area contributed by atoms with Crippen molar-refractivity contribution in [2.24, 2.45) is 0 Å². The molecule has 50 valence electrons. The first-order chi connectivity index (χ1) is 3.79. The average molecular weight is 163 g/mol. The van der Waals surface area contributed by atoms with E-state index in [1.165, 1.54) is 0 Å². The van der Waals surface area contributed by atoms with Crippen LogP contribution in [0.15, 0.2) is 12.3 Å². The van der Waals surface area contributed by atoms with Gasteiger partial charge in [-0.3, -0.25) is 0 Å². The molecule has 0 amide bonds. The van der Waals surface area contributed by atoms with Crippen LogP contribution in [0.25, 0.3) is 0 Å². The molecule has 9 heavy (non-hydrogen) atoms. The van der Waals surface area contributed by atoms with E-state index in [4.69, 9.17) is 11.6 Å². The number of nitrogens with one attached hydrogen (secondary N) is 1. The number of nitrogens with zero attached hydrogens (tertiary/aromatic N) is 1. The Morgan fingerprint density at radius 2 is 2.33 bits per heavy atom. The van der Waals surface area contributed by atoms with Crippen LogP contribution in [0, 0.1) is 4.77 Å². The van der Waals surface area contributed by atoms with E-state index in [1.54, 1.807) is 12.3 Å². The van der Waals surface area contributed by atoms with Gasteiger partial charge in [-0.1, -0.05) is 19.0 Å². The summed E-state index contributed by atoms with van der Waals surface area (Å²) >= 11 is 10.1. The van der Waals surface area contributed by atoms with Crippen molar-refractivity contribution >= 4 is 23.8 Å². The zero-order valence-corrected chi connectivity index (χ0v) is 5.46. The molecule has 0 saturated heterocycles. The van der Waals surface area contributed by atoms with Crippen molar-refractivity contribution in [3.63, 3.8) is 0 Å². The molecule has 1 aromatic heterocycles. The Labute approximate surface area is 63.9 Å². The van der Waals surface area contributed by atoms with Crippen molar-refractivity contribution in [2.75, 3.05) is 0 Å². The number of aromatic amines is 1. The highest BCUT2D eigenvalue weighted by Gasteiger charge is 1.79. The van der Waals surface area contributed by atoms with Gasteiger partial charge in [0.05, 0.1) is 0 Å². The number of hydrogen-bond acceptors (Lipinski definition) is 2. The minimum absolute atomic E-state index is 0. The van der Waals surface area contributed by atoms with Crippen LogP contribution < -0.4 is 0 Å². The number of halogens is 1. The lowest BCUT2D eigenvalue weighted by atomic mass is 10.7. The van der Waals surface area contributed by atoms with Gasteiger partial charge in [0.1, 0.15) is 5.15 Å². The van der Waals surface area contributed by atoms with Crippen LogP contribution in [0.5, 0.6) is 0 Å². The number of hydrogen-bond donors (Lipinski definition) is 1. The molecule has 1 heterocycles. The number of rotatable bonds is 0. The lowest BCUT2D eigenvalue weighted by Crippen LogP contribution is -1.77. The zero-order chi connectivity index (χ0) is 5.98. The molecule has 0 aromatic carbocycles.